The van der Waals surface area contributed by atoms with Crippen LogP contribution in [0.4, 0.5) is 0 Å². The minimum Gasteiger partial charge on any atom is -0.309 e. The van der Waals surface area contributed by atoms with Crippen LogP contribution in [-0.2, 0) is 0 Å². The van der Waals surface area contributed by atoms with Gasteiger partial charge in [0, 0.05) is 65.8 Å². The van der Waals surface area contributed by atoms with Gasteiger partial charge in [-0.2, -0.15) is 0 Å². The zero-order valence-electron chi connectivity index (χ0n) is 63.2. The first-order chi connectivity index (χ1) is 57.5. The monoisotopic (exact) mass is 1470 g/mol. The van der Waals surface area contributed by atoms with Crippen molar-refractivity contribution in [2.75, 3.05) is 0 Å². The summed E-state index contributed by atoms with van der Waals surface area (Å²) in [5.41, 5.74) is 24.0. The first-order valence-electron chi connectivity index (χ1n) is 40.1. The van der Waals surface area contributed by atoms with Gasteiger partial charge in [-0.05, 0) is 241 Å². The van der Waals surface area contributed by atoms with E-state index in [4.69, 9.17) is 0 Å². The molecule has 4 heterocycles. The lowest BCUT2D eigenvalue weighted by molar-refractivity contribution is 1.18. The number of hydrogen-bond acceptors (Lipinski definition) is 0. The molecular weight excluding hydrogens is 1400 g/mol. The Labute approximate surface area is 668 Å². The summed E-state index contributed by atoms with van der Waals surface area (Å²) in [6, 6.07) is 156. The first kappa shape index (κ1) is 65.4. The van der Waals surface area contributed by atoms with Crippen LogP contribution >= 0.6 is 0 Å². The van der Waals surface area contributed by atoms with E-state index < -0.39 is 0 Å². The molecule has 0 spiro atoms. The van der Waals surface area contributed by atoms with Crippen LogP contribution in [0.15, 0.2) is 425 Å². The number of fused-ring (bicyclic) bond motifs is 24. The lowest BCUT2D eigenvalue weighted by atomic mass is 9.88. The third kappa shape index (κ3) is 10.3. The minimum atomic E-state index is 1.15. The number of nitrogens with zero attached hydrogens (tertiary/aromatic N) is 4. The van der Waals surface area contributed by atoms with Gasteiger partial charge in [-0.15, -0.1) is 0 Å². The molecule has 0 unspecified atom stereocenters. The number of hydrogen-bond donors (Lipinski definition) is 0. The highest BCUT2D eigenvalue weighted by atomic mass is 15.0. The molecule has 538 valence electrons. The third-order valence-corrected chi connectivity index (χ3v) is 24.8. The maximum absolute atomic E-state index is 2.42. The van der Waals surface area contributed by atoms with Crippen molar-refractivity contribution in [3.8, 4) is 67.3 Å². The van der Waals surface area contributed by atoms with Crippen molar-refractivity contribution in [2.24, 2.45) is 0 Å². The number of para-hydroxylation sites is 6. The molecule has 0 fully saturated rings. The average Bonchev–Trinajstić information content (AvgIpc) is 1.59. The van der Waals surface area contributed by atoms with E-state index in [9.17, 15) is 0 Å². The average molecular weight is 1470 g/mol. The number of aromatic nitrogens is 4. The summed E-state index contributed by atoms with van der Waals surface area (Å²) in [5, 5.41) is 28.1. The largest absolute Gasteiger partial charge is 0.309 e. The molecule has 116 heavy (non-hydrogen) atoms. The standard InChI is InChI=1S/C58H36N2.C54H34N2/c1-2-14-43(15-3-1)60-53-20-10-8-18-47(53)49-31-27-41(36-56(49)60)40-28-33-55-52(34-40)48-19-9-11-21-54(48)59(55)44-29-24-39(25-30-44)51-35-42-23-22-37-12-4-6-16-45(37)57(42)58-46-17-7-5-13-38(46)26-32-50(51)58;1-2-11-41(12-3-1)56-51-16-8-6-14-47(51)49-30-22-39(34-54(49)56)38-24-31-53-50(33-38)48-15-7-9-17-52(48)55(53)42-25-18-35(19-26-42)37-21-27-44-40(32-37)23-29-45-43-13-5-4-10-36(43)20-28-46(44)45/h1-36H;1-34H. The Balaban J connectivity index is 0.000000134. The quantitative estimate of drug-likeness (QED) is 0.135. The fourth-order valence-electron chi connectivity index (χ4n) is 19.4. The molecule has 0 saturated carbocycles. The zero-order chi connectivity index (χ0) is 76.1. The number of rotatable bonds is 8. The fourth-order valence-corrected chi connectivity index (χ4v) is 19.4. The summed E-state index contributed by atoms with van der Waals surface area (Å²) < 4.78 is 9.62. The number of benzene rings is 21. The van der Waals surface area contributed by atoms with Crippen molar-refractivity contribution < 1.29 is 0 Å². The molecule has 0 atom stereocenters. The highest BCUT2D eigenvalue weighted by Gasteiger charge is 2.22. The summed E-state index contributed by atoms with van der Waals surface area (Å²) in [4.78, 5) is 0. The first-order valence-corrected chi connectivity index (χ1v) is 40.1. The van der Waals surface area contributed by atoms with Gasteiger partial charge in [-0.25, -0.2) is 0 Å². The van der Waals surface area contributed by atoms with E-state index in [1.165, 1.54) is 219 Å². The Morgan fingerprint density at radius 2 is 0.414 bits per heavy atom. The second-order valence-corrected chi connectivity index (χ2v) is 31.0. The van der Waals surface area contributed by atoms with Crippen LogP contribution in [0.3, 0.4) is 0 Å². The molecule has 25 aromatic rings. The minimum absolute atomic E-state index is 1.15. The van der Waals surface area contributed by atoms with E-state index >= 15 is 0 Å². The molecule has 0 aliphatic heterocycles. The van der Waals surface area contributed by atoms with E-state index in [0.29, 0.717) is 0 Å². The van der Waals surface area contributed by atoms with Crippen LogP contribution in [0.25, 0.3) is 230 Å². The molecular formula is C112H70N4. The summed E-state index contributed by atoms with van der Waals surface area (Å²) >= 11 is 0. The van der Waals surface area contributed by atoms with Crippen molar-refractivity contribution in [2.45, 2.75) is 0 Å². The van der Waals surface area contributed by atoms with Gasteiger partial charge in [0.2, 0.25) is 0 Å². The molecule has 4 nitrogen and oxygen atoms in total. The van der Waals surface area contributed by atoms with Gasteiger partial charge in [0.1, 0.15) is 0 Å². The maximum atomic E-state index is 2.42. The van der Waals surface area contributed by atoms with Gasteiger partial charge in [-0.1, -0.05) is 303 Å². The molecule has 0 radical (unpaired) electrons. The summed E-state index contributed by atoms with van der Waals surface area (Å²) in [6.45, 7) is 0. The smallest absolute Gasteiger partial charge is 0.0547 e. The normalized spacial score (nSPS) is 12.0. The Morgan fingerprint density at radius 1 is 0.121 bits per heavy atom. The second-order valence-electron chi connectivity index (χ2n) is 31.0. The van der Waals surface area contributed by atoms with Crippen molar-refractivity contribution in [1.29, 1.82) is 0 Å². The van der Waals surface area contributed by atoms with Gasteiger partial charge in [-0.3, -0.25) is 0 Å². The molecule has 4 heteroatoms. The van der Waals surface area contributed by atoms with Gasteiger partial charge in [0.15, 0.2) is 0 Å². The molecule has 0 aliphatic carbocycles. The highest BCUT2D eigenvalue weighted by Crippen LogP contribution is 2.46. The maximum Gasteiger partial charge on any atom is 0.0547 e. The fraction of sp³-hybridized carbons (Fsp3) is 0. The van der Waals surface area contributed by atoms with Gasteiger partial charge < -0.3 is 18.3 Å². The van der Waals surface area contributed by atoms with E-state index in [1.54, 1.807) is 0 Å². The summed E-state index contributed by atoms with van der Waals surface area (Å²) in [6.07, 6.45) is 0. The lowest BCUT2D eigenvalue weighted by Crippen LogP contribution is -1.94. The lowest BCUT2D eigenvalue weighted by Gasteiger charge is -2.16. The Kier molecular flexibility index (Phi) is 14.7. The molecule has 0 N–H and O–H groups in total. The Hall–Kier alpha value is -15.4. The van der Waals surface area contributed by atoms with E-state index in [-0.39, 0.29) is 0 Å². The Morgan fingerprint density at radius 3 is 0.914 bits per heavy atom. The van der Waals surface area contributed by atoms with Crippen molar-refractivity contribution >= 4 is 163 Å². The SMILES string of the molecule is c1ccc(-n2c3ccccc3c3ccc(-c4ccc5c(c4)c4ccccc4n5-c4ccc(-c5cc6ccc7ccccc7c6c6c5ccc5ccccc56)cc4)cc32)cc1.c1ccc(-n2c3ccccc3c3ccc(-c4ccc5c(c4)c4ccccc4n5-c4ccc(-c5ccc6c(ccc7c8ccccc8ccc67)c5)cc4)cc32)cc1. The second kappa shape index (κ2) is 26.1. The third-order valence-electron chi connectivity index (χ3n) is 24.8. The van der Waals surface area contributed by atoms with Crippen LogP contribution in [0.1, 0.15) is 0 Å². The van der Waals surface area contributed by atoms with Crippen molar-refractivity contribution in [3.05, 3.63) is 425 Å². The molecule has 4 aromatic heterocycles. The van der Waals surface area contributed by atoms with Crippen LogP contribution < -0.4 is 0 Å². The zero-order valence-corrected chi connectivity index (χ0v) is 63.2. The topological polar surface area (TPSA) is 19.7 Å². The van der Waals surface area contributed by atoms with E-state index in [1.807, 2.05) is 0 Å². The molecule has 21 aromatic carbocycles. The molecule has 25 rings (SSSR count). The van der Waals surface area contributed by atoms with Crippen molar-refractivity contribution in [3.63, 3.8) is 0 Å². The van der Waals surface area contributed by atoms with Crippen LogP contribution in [-0.4, -0.2) is 18.3 Å². The molecule has 0 amide bonds. The summed E-state index contributed by atoms with van der Waals surface area (Å²) in [7, 11) is 0. The van der Waals surface area contributed by atoms with Crippen LogP contribution in [0.2, 0.25) is 0 Å². The van der Waals surface area contributed by atoms with Gasteiger partial charge >= 0.3 is 0 Å². The summed E-state index contributed by atoms with van der Waals surface area (Å²) in [5.74, 6) is 0. The van der Waals surface area contributed by atoms with E-state index in [0.717, 1.165) is 11.4 Å². The van der Waals surface area contributed by atoms with Crippen LogP contribution in [0.5, 0.6) is 0 Å². The van der Waals surface area contributed by atoms with Crippen LogP contribution in [0, 0.1) is 0 Å². The Bertz CT molecular complexity index is 8360. The van der Waals surface area contributed by atoms with Gasteiger partial charge in [0.05, 0.1) is 44.1 Å². The molecule has 0 aliphatic rings. The highest BCUT2D eigenvalue weighted by molar-refractivity contribution is 6.30. The molecule has 0 bridgehead atoms. The predicted molar refractivity (Wildman–Crippen MR) is 495 cm³/mol. The predicted octanol–water partition coefficient (Wildman–Crippen LogP) is 30.5. The molecule has 0 saturated heterocycles. The van der Waals surface area contributed by atoms with Gasteiger partial charge in [0.25, 0.3) is 0 Å². The van der Waals surface area contributed by atoms with Crippen molar-refractivity contribution in [1.82, 2.24) is 18.3 Å². The van der Waals surface area contributed by atoms with E-state index in [2.05, 4.69) is 443 Å².